The molecule has 13 heavy (non-hydrogen) atoms. The van der Waals surface area contributed by atoms with Gasteiger partial charge in [0.2, 0.25) is 0 Å². The lowest BCUT2D eigenvalue weighted by Gasteiger charge is -2.06. The minimum Gasteiger partial charge on any atom is -0.494 e. The van der Waals surface area contributed by atoms with Crippen LogP contribution in [0.5, 0.6) is 5.75 Å². The van der Waals surface area contributed by atoms with E-state index < -0.39 is 0 Å². The Morgan fingerprint density at radius 1 is 1.31 bits per heavy atom. The molecule has 0 aliphatic rings. The smallest absolute Gasteiger partial charge is 0.121 e. The number of benzene rings is 1. The number of rotatable bonds is 4. The molecule has 0 saturated heterocycles. The van der Waals surface area contributed by atoms with Gasteiger partial charge in [0, 0.05) is 5.02 Å². The third-order valence-corrected chi connectivity index (χ3v) is 2.00. The van der Waals surface area contributed by atoms with E-state index in [1.54, 1.807) is 0 Å². The van der Waals surface area contributed by atoms with Gasteiger partial charge in [-0.1, -0.05) is 24.9 Å². The third kappa shape index (κ3) is 3.69. The Morgan fingerprint density at radius 3 is 2.69 bits per heavy atom. The fourth-order valence-corrected chi connectivity index (χ4v) is 1.40. The minimum absolute atomic E-state index is 0.742. The molecule has 0 aromatic heterocycles. The van der Waals surface area contributed by atoms with E-state index in [1.165, 1.54) is 0 Å². The summed E-state index contributed by atoms with van der Waals surface area (Å²) in [6, 6.07) is 5.78. The standard InChI is InChI=1S/C11H15ClO/c1-3-4-5-13-11-7-9(2)6-10(12)8-11/h6-8H,3-5H2,1-2H3. The first-order chi connectivity index (χ1) is 6.22. The second-order valence-corrected chi connectivity index (χ2v) is 3.60. The summed E-state index contributed by atoms with van der Waals surface area (Å²) in [5.41, 5.74) is 1.14. The number of hydrogen-bond donors (Lipinski definition) is 0. The van der Waals surface area contributed by atoms with Crippen molar-refractivity contribution in [3.8, 4) is 5.75 Å². The quantitative estimate of drug-likeness (QED) is 0.669. The maximum absolute atomic E-state index is 5.88. The van der Waals surface area contributed by atoms with Crippen molar-refractivity contribution in [3.63, 3.8) is 0 Å². The highest BCUT2D eigenvalue weighted by Gasteiger charge is 1.96. The predicted octanol–water partition coefficient (Wildman–Crippen LogP) is 3.83. The Kier molecular flexibility index (Phi) is 4.10. The maximum atomic E-state index is 5.88. The van der Waals surface area contributed by atoms with Crippen LogP contribution in [0.1, 0.15) is 25.3 Å². The monoisotopic (exact) mass is 198 g/mol. The molecule has 2 heteroatoms. The van der Waals surface area contributed by atoms with E-state index in [0.29, 0.717) is 0 Å². The molecule has 0 spiro atoms. The van der Waals surface area contributed by atoms with Gasteiger partial charge in [-0.15, -0.1) is 0 Å². The number of aryl methyl sites for hydroxylation is 1. The Hall–Kier alpha value is -0.690. The first kappa shape index (κ1) is 10.4. The molecule has 0 unspecified atom stereocenters. The van der Waals surface area contributed by atoms with Crippen LogP contribution in [0.25, 0.3) is 0 Å². The van der Waals surface area contributed by atoms with Gasteiger partial charge >= 0.3 is 0 Å². The van der Waals surface area contributed by atoms with E-state index in [-0.39, 0.29) is 0 Å². The predicted molar refractivity (Wildman–Crippen MR) is 56.6 cm³/mol. The molecule has 0 amide bonds. The van der Waals surface area contributed by atoms with Gasteiger partial charge in [-0.3, -0.25) is 0 Å². The molecule has 0 radical (unpaired) electrons. The van der Waals surface area contributed by atoms with E-state index in [4.69, 9.17) is 16.3 Å². The fourth-order valence-electron chi connectivity index (χ4n) is 1.12. The normalized spacial score (nSPS) is 10.1. The zero-order valence-corrected chi connectivity index (χ0v) is 8.90. The molecule has 1 aromatic rings. The summed E-state index contributed by atoms with van der Waals surface area (Å²) < 4.78 is 5.52. The van der Waals surface area contributed by atoms with Crippen LogP contribution >= 0.6 is 11.6 Å². The Morgan fingerprint density at radius 2 is 2.08 bits per heavy atom. The summed E-state index contributed by atoms with van der Waals surface area (Å²) in [6.07, 6.45) is 2.24. The average Bonchev–Trinajstić information content (AvgIpc) is 2.03. The number of ether oxygens (including phenoxy) is 1. The van der Waals surface area contributed by atoms with Crippen LogP contribution in [0.2, 0.25) is 5.02 Å². The summed E-state index contributed by atoms with van der Waals surface area (Å²) in [7, 11) is 0. The highest BCUT2D eigenvalue weighted by Crippen LogP contribution is 2.20. The first-order valence-corrected chi connectivity index (χ1v) is 5.00. The third-order valence-electron chi connectivity index (χ3n) is 1.78. The lowest BCUT2D eigenvalue weighted by Crippen LogP contribution is -1.96. The number of halogens is 1. The second-order valence-electron chi connectivity index (χ2n) is 3.17. The molecule has 0 fully saturated rings. The highest BCUT2D eigenvalue weighted by molar-refractivity contribution is 6.30. The summed E-state index contributed by atoms with van der Waals surface area (Å²) in [5, 5.41) is 0.742. The van der Waals surface area contributed by atoms with Crippen molar-refractivity contribution in [2.45, 2.75) is 26.7 Å². The Balaban J connectivity index is 2.56. The lowest BCUT2D eigenvalue weighted by atomic mass is 10.2. The van der Waals surface area contributed by atoms with Gasteiger partial charge in [-0.2, -0.15) is 0 Å². The van der Waals surface area contributed by atoms with Crippen molar-refractivity contribution in [2.75, 3.05) is 6.61 Å². The van der Waals surface area contributed by atoms with Gasteiger partial charge in [0.1, 0.15) is 5.75 Å². The van der Waals surface area contributed by atoms with Crippen molar-refractivity contribution in [1.29, 1.82) is 0 Å². The number of unbranched alkanes of at least 4 members (excludes halogenated alkanes) is 1. The molecule has 0 saturated carbocycles. The zero-order chi connectivity index (χ0) is 9.68. The van der Waals surface area contributed by atoms with Crippen LogP contribution in [0.15, 0.2) is 18.2 Å². The second kappa shape index (κ2) is 5.13. The van der Waals surface area contributed by atoms with Crippen molar-refractivity contribution >= 4 is 11.6 Å². The van der Waals surface area contributed by atoms with Crippen molar-refractivity contribution in [1.82, 2.24) is 0 Å². The molecule has 0 aliphatic heterocycles. The summed E-state index contributed by atoms with van der Waals surface area (Å²) in [5.74, 6) is 0.874. The summed E-state index contributed by atoms with van der Waals surface area (Å²) >= 11 is 5.88. The summed E-state index contributed by atoms with van der Waals surface area (Å²) in [6.45, 7) is 4.93. The Bertz CT molecular complexity index is 251. The topological polar surface area (TPSA) is 9.23 Å². The van der Waals surface area contributed by atoms with Gasteiger partial charge in [0.05, 0.1) is 6.61 Å². The molecule has 0 N–H and O–H groups in total. The van der Waals surface area contributed by atoms with E-state index in [0.717, 1.165) is 35.8 Å². The molecule has 1 aromatic carbocycles. The van der Waals surface area contributed by atoms with Gasteiger partial charge in [0.15, 0.2) is 0 Å². The maximum Gasteiger partial charge on any atom is 0.121 e. The van der Waals surface area contributed by atoms with Crippen molar-refractivity contribution < 1.29 is 4.74 Å². The highest BCUT2D eigenvalue weighted by atomic mass is 35.5. The minimum atomic E-state index is 0.742. The first-order valence-electron chi connectivity index (χ1n) is 4.62. The zero-order valence-electron chi connectivity index (χ0n) is 8.14. The van der Waals surface area contributed by atoms with E-state index >= 15 is 0 Å². The SMILES string of the molecule is CCCCOc1cc(C)cc(Cl)c1. The lowest BCUT2D eigenvalue weighted by molar-refractivity contribution is 0.309. The van der Waals surface area contributed by atoms with Crippen molar-refractivity contribution in [3.05, 3.63) is 28.8 Å². The molecule has 72 valence electrons. The van der Waals surface area contributed by atoms with Gasteiger partial charge in [-0.25, -0.2) is 0 Å². The van der Waals surface area contributed by atoms with Crippen LogP contribution in [-0.2, 0) is 0 Å². The largest absolute Gasteiger partial charge is 0.494 e. The average molecular weight is 199 g/mol. The molecule has 1 rings (SSSR count). The van der Waals surface area contributed by atoms with Crippen molar-refractivity contribution in [2.24, 2.45) is 0 Å². The van der Waals surface area contributed by atoms with Gasteiger partial charge in [-0.05, 0) is 37.1 Å². The molecular formula is C11H15ClO. The van der Waals surface area contributed by atoms with Crippen LogP contribution in [0.3, 0.4) is 0 Å². The molecule has 0 aliphatic carbocycles. The van der Waals surface area contributed by atoms with E-state index in [9.17, 15) is 0 Å². The molecule has 0 bridgehead atoms. The van der Waals surface area contributed by atoms with E-state index in [2.05, 4.69) is 6.92 Å². The molecule has 0 atom stereocenters. The van der Waals surface area contributed by atoms with Gasteiger partial charge in [0.25, 0.3) is 0 Å². The van der Waals surface area contributed by atoms with Crippen LogP contribution in [0, 0.1) is 6.92 Å². The van der Waals surface area contributed by atoms with Gasteiger partial charge < -0.3 is 4.74 Å². The number of hydrogen-bond acceptors (Lipinski definition) is 1. The molecule has 0 heterocycles. The molecular weight excluding hydrogens is 184 g/mol. The van der Waals surface area contributed by atoms with Crippen LogP contribution in [0.4, 0.5) is 0 Å². The molecule has 1 nitrogen and oxygen atoms in total. The fraction of sp³-hybridized carbons (Fsp3) is 0.455. The van der Waals surface area contributed by atoms with E-state index in [1.807, 2.05) is 25.1 Å². The Labute approximate surface area is 84.7 Å². The summed E-state index contributed by atoms with van der Waals surface area (Å²) in [4.78, 5) is 0. The van der Waals surface area contributed by atoms with Crippen LogP contribution < -0.4 is 4.74 Å². The van der Waals surface area contributed by atoms with Crippen LogP contribution in [-0.4, -0.2) is 6.61 Å².